The number of ether oxygens (including phenoxy) is 1. The number of furan rings is 1. The van der Waals surface area contributed by atoms with Crippen LogP contribution in [-0.4, -0.2) is 44.1 Å². The van der Waals surface area contributed by atoms with E-state index in [9.17, 15) is 14.9 Å². The van der Waals surface area contributed by atoms with Gasteiger partial charge in [0.05, 0.1) is 35.2 Å². The summed E-state index contributed by atoms with van der Waals surface area (Å²) in [6, 6.07) is 5.95. The van der Waals surface area contributed by atoms with Gasteiger partial charge in [0.25, 0.3) is 5.69 Å². The molecular formula is C20H20ClN5O5S. The summed E-state index contributed by atoms with van der Waals surface area (Å²) in [6.07, 6.45) is 3.61. The number of nitrogens with one attached hydrogen (secondary N) is 1. The number of aromatic nitrogens is 3. The fourth-order valence-electron chi connectivity index (χ4n) is 3.43. The van der Waals surface area contributed by atoms with E-state index in [1.54, 1.807) is 6.26 Å². The molecule has 0 radical (unpaired) electrons. The van der Waals surface area contributed by atoms with E-state index >= 15 is 0 Å². The van der Waals surface area contributed by atoms with Gasteiger partial charge in [0.15, 0.2) is 11.0 Å². The van der Waals surface area contributed by atoms with Crippen LogP contribution in [0.5, 0.6) is 0 Å². The fourth-order valence-corrected chi connectivity index (χ4v) is 4.36. The van der Waals surface area contributed by atoms with Crippen molar-refractivity contribution in [2.45, 2.75) is 37.6 Å². The summed E-state index contributed by atoms with van der Waals surface area (Å²) in [7, 11) is 0. The Kier molecular flexibility index (Phi) is 6.77. The Bertz CT molecular complexity index is 1140. The van der Waals surface area contributed by atoms with Crippen LogP contribution in [0.4, 0.5) is 11.4 Å². The van der Waals surface area contributed by atoms with Gasteiger partial charge in [0.2, 0.25) is 5.91 Å². The highest BCUT2D eigenvalue weighted by Gasteiger charge is 2.23. The molecule has 0 aliphatic carbocycles. The van der Waals surface area contributed by atoms with E-state index in [0.29, 0.717) is 23.2 Å². The molecule has 0 saturated carbocycles. The Morgan fingerprint density at radius 2 is 2.25 bits per heavy atom. The number of hydrogen-bond acceptors (Lipinski definition) is 8. The van der Waals surface area contributed by atoms with Crippen molar-refractivity contribution in [3.8, 4) is 11.4 Å². The smallest absolute Gasteiger partial charge is 0.289 e. The van der Waals surface area contributed by atoms with E-state index in [0.717, 1.165) is 30.8 Å². The van der Waals surface area contributed by atoms with Crippen LogP contribution in [-0.2, 0) is 16.1 Å². The van der Waals surface area contributed by atoms with Crippen molar-refractivity contribution in [2.75, 3.05) is 17.7 Å². The van der Waals surface area contributed by atoms with Crippen molar-refractivity contribution in [3.63, 3.8) is 0 Å². The monoisotopic (exact) mass is 477 g/mol. The summed E-state index contributed by atoms with van der Waals surface area (Å²) in [5, 5.41) is 22.9. The highest BCUT2D eigenvalue weighted by Crippen LogP contribution is 2.30. The molecule has 32 heavy (non-hydrogen) atoms. The molecule has 1 N–H and O–H groups in total. The number of aryl methyl sites for hydroxylation is 1. The van der Waals surface area contributed by atoms with Crippen LogP contribution in [0.1, 0.15) is 18.6 Å². The standard InChI is InChI=1S/C20H20ClN5O5S/c1-12-15(6-8-30-12)19-23-24-20(25(19)10-14-3-2-7-31-14)32-11-18(27)22-13-4-5-16(21)17(9-13)26(28)29/h4-6,8-9,14H,2-3,7,10-11H2,1H3,(H,22,27). The second kappa shape index (κ2) is 9.72. The lowest BCUT2D eigenvalue weighted by Crippen LogP contribution is -2.18. The molecule has 3 heterocycles. The Morgan fingerprint density at radius 1 is 1.41 bits per heavy atom. The van der Waals surface area contributed by atoms with Crippen LogP contribution in [0, 0.1) is 17.0 Å². The maximum absolute atomic E-state index is 12.5. The van der Waals surface area contributed by atoms with E-state index in [4.69, 9.17) is 20.8 Å². The van der Waals surface area contributed by atoms with Gasteiger partial charge in [-0.05, 0) is 38.0 Å². The van der Waals surface area contributed by atoms with Crippen molar-refractivity contribution in [2.24, 2.45) is 0 Å². The number of amides is 1. The third-order valence-electron chi connectivity index (χ3n) is 4.99. The minimum atomic E-state index is -0.598. The Hall–Kier alpha value is -2.89. The fraction of sp³-hybridized carbons (Fsp3) is 0.350. The van der Waals surface area contributed by atoms with Gasteiger partial charge in [0.1, 0.15) is 10.8 Å². The van der Waals surface area contributed by atoms with Gasteiger partial charge in [0, 0.05) is 18.4 Å². The molecule has 1 fully saturated rings. The van der Waals surface area contributed by atoms with Crippen molar-refractivity contribution in [1.29, 1.82) is 0 Å². The quantitative estimate of drug-likeness (QED) is 0.289. The topological polar surface area (TPSA) is 125 Å². The van der Waals surface area contributed by atoms with Crippen LogP contribution in [0.3, 0.4) is 0 Å². The number of benzene rings is 1. The number of hydrogen-bond donors (Lipinski definition) is 1. The molecule has 3 aromatic rings. The van der Waals surface area contributed by atoms with Gasteiger partial charge in [-0.25, -0.2) is 0 Å². The van der Waals surface area contributed by atoms with Crippen LogP contribution < -0.4 is 5.32 Å². The van der Waals surface area contributed by atoms with Crippen LogP contribution in [0.2, 0.25) is 5.02 Å². The zero-order valence-corrected chi connectivity index (χ0v) is 18.7. The van der Waals surface area contributed by atoms with E-state index in [-0.39, 0.29) is 28.5 Å². The third-order valence-corrected chi connectivity index (χ3v) is 6.27. The van der Waals surface area contributed by atoms with Crippen molar-refractivity contribution in [1.82, 2.24) is 14.8 Å². The van der Waals surface area contributed by atoms with Gasteiger partial charge in [-0.15, -0.1) is 10.2 Å². The molecule has 1 unspecified atom stereocenters. The number of rotatable bonds is 8. The van der Waals surface area contributed by atoms with Crippen LogP contribution >= 0.6 is 23.4 Å². The first-order chi connectivity index (χ1) is 15.4. The van der Waals surface area contributed by atoms with Gasteiger partial charge in [-0.1, -0.05) is 23.4 Å². The Balaban J connectivity index is 1.48. The molecule has 0 bridgehead atoms. The lowest BCUT2D eigenvalue weighted by molar-refractivity contribution is -0.384. The molecule has 168 valence electrons. The Labute approximate surface area is 192 Å². The van der Waals surface area contributed by atoms with E-state index in [1.165, 1.54) is 30.0 Å². The number of nitrogens with zero attached hydrogens (tertiary/aromatic N) is 4. The van der Waals surface area contributed by atoms with Gasteiger partial charge < -0.3 is 14.5 Å². The molecule has 1 aliphatic heterocycles. The maximum Gasteiger partial charge on any atom is 0.289 e. The number of thioether (sulfide) groups is 1. The molecule has 1 saturated heterocycles. The first-order valence-electron chi connectivity index (χ1n) is 9.88. The zero-order valence-electron chi connectivity index (χ0n) is 17.1. The Morgan fingerprint density at radius 3 is 2.94 bits per heavy atom. The predicted octanol–water partition coefficient (Wildman–Crippen LogP) is 4.32. The number of nitro groups is 1. The molecule has 4 rings (SSSR count). The lowest BCUT2D eigenvalue weighted by Gasteiger charge is -2.14. The van der Waals surface area contributed by atoms with Crippen molar-refractivity contribution < 1.29 is 18.9 Å². The zero-order chi connectivity index (χ0) is 22.7. The average molecular weight is 478 g/mol. The molecule has 1 amide bonds. The summed E-state index contributed by atoms with van der Waals surface area (Å²) in [5.41, 5.74) is 0.857. The average Bonchev–Trinajstić information content (AvgIpc) is 3.50. The van der Waals surface area contributed by atoms with Crippen molar-refractivity contribution in [3.05, 3.63) is 51.4 Å². The molecule has 1 atom stereocenters. The first-order valence-corrected chi connectivity index (χ1v) is 11.2. The molecule has 2 aromatic heterocycles. The number of carbonyl (C=O) groups excluding carboxylic acids is 1. The van der Waals surface area contributed by atoms with Gasteiger partial charge >= 0.3 is 0 Å². The molecule has 10 nitrogen and oxygen atoms in total. The van der Waals surface area contributed by atoms with E-state index in [2.05, 4.69) is 15.5 Å². The third kappa shape index (κ3) is 4.95. The van der Waals surface area contributed by atoms with Crippen LogP contribution in [0.15, 0.2) is 40.1 Å². The van der Waals surface area contributed by atoms with Crippen LogP contribution in [0.25, 0.3) is 11.4 Å². The lowest BCUT2D eigenvalue weighted by atomic mass is 10.2. The molecule has 0 spiro atoms. The maximum atomic E-state index is 12.5. The minimum Gasteiger partial charge on any atom is -0.469 e. The molecular weight excluding hydrogens is 458 g/mol. The number of anilines is 1. The number of halogens is 1. The van der Waals surface area contributed by atoms with Gasteiger partial charge in [-0.2, -0.15) is 0 Å². The summed E-state index contributed by atoms with van der Waals surface area (Å²) in [5.74, 6) is 1.09. The largest absolute Gasteiger partial charge is 0.469 e. The first kappa shape index (κ1) is 22.3. The predicted molar refractivity (Wildman–Crippen MR) is 119 cm³/mol. The van der Waals surface area contributed by atoms with E-state index in [1.807, 2.05) is 17.6 Å². The summed E-state index contributed by atoms with van der Waals surface area (Å²) in [4.78, 5) is 22.9. The molecule has 1 aliphatic rings. The normalized spacial score (nSPS) is 15.8. The van der Waals surface area contributed by atoms with Crippen molar-refractivity contribution >= 4 is 40.6 Å². The molecule has 12 heteroatoms. The molecule has 1 aromatic carbocycles. The summed E-state index contributed by atoms with van der Waals surface area (Å²) >= 11 is 7.05. The van der Waals surface area contributed by atoms with E-state index < -0.39 is 4.92 Å². The number of carbonyl (C=O) groups is 1. The second-order valence-corrected chi connectivity index (χ2v) is 8.55. The summed E-state index contributed by atoms with van der Waals surface area (Å²) < 4.78 is 13.1. The number of nitro benzene ring substituents is 1. The second-order valence-electron chi connectivity index (χ2n) is 7.20. The SMILES string of the molecule is Cc1occc1-c1nnc(SCC(=O)Nc2ccc(Cl)c([N+](=O)[O-])c2)n1CC1CCCO1. The summed E-state index contributed by atoms with van der Waals surface area (Å²) in [6.45, 7) is 3.15. The highest BCUT2D eigenvalue weighted by atomic mass is 35.5. The van der Waals surface area contributed by atoms with Gasteiger partial charge in [-0.3, -0.25) is 19.5 Å². The minimum absolute atomic E-state index is 0.00618. The highest BCUT2D eigenvalue weighted by molar-refractivity contribution is 7.99.